The van der Waals surface area contributed by atoms with Gasteiger partial charge in [-0.05, 0) is 41.9 Å². The maximum atomic E-state index is 10.4. The zero-order valence-corrected chi connectivity index (χ0v) is 11.1. The van der Waals surface area contributed by atoms with E-state index < -0.39 is 0 Å². The monoisotopic (exact) mass is 226 g/mol. The van der Waals surface area contributed by atoms with Crippen molar-refractivity contribution in [2.45, 2.75) is 72.0 Å². The summed E-state index contributed by atoms with van der Waals surface area (Å²) in [6.07, 6.45) is 4.51. The first-order valence-corrected chi connectivity index (χ1v) is 6.62. The smallest absolute Gasteiger partial charge is 0.0599 e. The molecule has 94 valence electrons. The normalized spacial score (nSPS) is 52.1. The fourth-order valence-electron chi connectivity index (χ4n) is 4.29. The fourth-order valence-corrected chi connectivity index (χ4v) is 4.29. The van der Waals surface area contributed by atoms with E-state index in [1.165, 1.54) is 0 Å². The quantitative estimate of drug-likeness (QED) is 0.667. The van der Waals surface area contributed by atoms with E-state index in [1.807, 2.05) is 0 Å². The van der Waals surface area contributed by atoms with Crippen LogP contribution in [0.15, 0.2) is 0 Å². The predicted molar refractivity (Wildman–Crippen MR) is 65.1 cm³/mol. The number of hydrogen-bond donors (Lipinski definition) is 2. The van der Waals surface area contributed by atoms with Crippen LogP contribution in [0, 0.1) is 16.2 Å². The third-order valence-corrected chi connectivity index (χ3v) is 6.34. The Morgan fingerprint density at radius 1 is 0.875 bits per heavy atom. The van der Waals surface area contributed by atoms with Gasteiger partial charge in [-0.1, -0.05) is 34.1 Å². The van der Waals surface area contributed by atoms with Crippen molar-refractivity contribution in [3.8, 4) is 0 Å². The third kappa shape index (κ3) is 1.26. The maximum absolute atomic E-state index is 10.4. The van der Waals surface area contributed by atoms with Crippen LogP contribution in [0.1, 0.15) is 59.8 Å². The van der Waals surface area contributed by atoms with Crippen LogP contribution >= 0.6 is 0 Å². The summed E-state index contributed by atoms with van der Waals surface area (Å²) in [5.74, 6) is 0. The summed E-state index contributed by atoms with van der Waals surface area (Å²) in [4.78, 5) is 0. The van der Waals surface area contributed by atoms with Gasteiger partial charge in [0, 0.05) is 0 Å². The summed E-state index contributed by atoms with van der Waals surface area (Å²) < 4.78 is 0. The van der Waals surface area contributed by atoms with Gasteiger partial charge in [-0.15, -0.1) is 0 Å². The molecule has 2 saturated carbocycles. The lowest BCUT2D eigenvalue weighted by atomic mass is 9.41. The van der Waals surface area contributed by atoms with Crippen LogP contribution in [-0.4, -0.2) is 22.4 Å². The molecule has 2 rings (SSSR count). The minimum absolute atomic E-state index is 0.0199. The summed E-state index contributed by atoms with van der Waals surface area (Å²) in [7, 11) is 0. The van der Waals surface area contributed by atoms with Crippen molar-refractivity contribution in [1.29, 1.82) is 0 Å². The third-order valence-electron chi connectivity index (χ3n) is 6.34. The Morgan fingerprint density at radius 2 is 1.50 bits per heavy atom. The molecule has 2 aliphatic carbocycles. The molecule has 4 atom stereocenters. The summed E-state index contributed by atoms with van der Waals surface area (Å²) in [5.41, 5.74) is -0.0648. The van der Waals surface area contributed by atoms with E-state index in [-0.39, 0.29) is 28.5 Å². The predicted octanol–water partition coefficient (Wildman–Crippen LogP) is 2.72. The van der Waals surface area contributed by atoms with Crippen LogP contribution in [0.5, 0.6) is 0 Å². The van der Waals surface area contributed by atoms with Crippen LogP contribution in [0.25, 0.3) is 0 Å². The molecule has 0 aromatic carbocycles. The Morgan fingerprint density at radius 3 is 2.12 bits per heavy atom. The van der Waals surface area contributed by atoms with Gasteiger partial charge >= 0.3 is 0 Å². The van der Waals surface area contributed by atoms with Gasteiger partial charge in [0.05, 0.1) is 12.2 Å². The second kappa shape index (κ2) is 3.46. The van der Waals surface area contributed by atoms with E-state index in [9.17, 15) is 10.2 Å². The molecule has 0 unspecified atom stereocenters. The zero-order chi connectivity index (χ0) is 12.2. The first kappa shape index (κ1) is 12.4. The molecular weight excluding hydrogens is 200 g/mol. The summed E-state index contributed by atoms with van der Waals surface area (Å²) >= 11 is 0. The zero-order valence-electron chi connectivity index (χ0n) is 11.1. The van der Waals surface area contributed by atoms with E-state index >= 15 is 0 Å². The van der Waals surface area contributed by atoms with Crippen molar-refractivity contribution in [3.63, 3.8) is 0 Å². The van der Waals surface area contributed by atoms with Crippen LogP contribution in [-0.2, 0) is 0 Å². The van der Waals surface area contributed by atoms with Gasteiger partial charge in [-0.25, -0.2) is 0 Å². The highest BCUT2D eigenvalue weighted by atomic mass is 16.3. The van der Waals surface area contributed by atoms with Crippen LogP contribution < -0.4 is 0 Å². The molecule has 0 spiro atoms. The molecule has 0 aliphatic heterocycles. The average Bonchev–Trinajstić information content (AvgIpc) is 2.20. The largest absolute Gasteiger partial charge is 0.393 e. The molecule has 0 aromatic rings. The number of aliphatic hydroxyl groups excluding tert-OH is 2. The lowest BCUT2D eigenvalue weighted by Gasteiger charge is -2.64. The Kier molecular flexibility index (Phi) is 2.67. The fraction of sp³-hybridized carbons (Fsp3) is 1.00. The summed E-state index contributed by atoms with van der Waals surface area (Å²) in [6.45, 7) is 8.85. The summed E-state index contributed by atoms with van der Waals surface area (Å²) in [6, 6.07) is 0. The topological polar surface area (TPSA) is 40.5 Å². The molecule has 16 heavy (non-hydrogen) atoms. The molecule has 0 saturated heterocycles. The Hall–Kier alpha value is -0.0800. The Bertz CT molecular complexity index is 286. The van der Waals surface area contributed by atoms with Crippen LogP contribution in [0.3, 0.4) is 0 Å². The highest BCUT2D eigenvalue weighted by Crippen LogP contribution is 2.65. The van der Waals surface area contributed by atoms with Gasteiger partial charge in [0.25, 0.3) is 0 Å². The molecule has 2 fully saturated rings. The van der Waals surface area contributed by atoms with Gasteiger partial charge in [0.2, 0.25) is 0 Å². The summed E-state index contributed by atoms with van der Waals surface area (Å²) in [5, 5.41) is 20.6. The molecule has 2 N–H and O–H groups in total. The maximum Gasteiger partial charge on any atom is 0.0599 e. The Balaban J connectivity index is 2.45. The van der Waals surface area contributed by atoms with Crippen molar-refractivity contribution >= 4 is 0 Å². The van der Waals surface area contributed by atoms with Crippen LogP contribution in [0.4, 0.5) is 0 Å². The lowest BCUT2D eigenvalue weighted by Crippen LogP contribution is -2.62. The molecule has 2 nitrogen and oxygen atoms in total. The van der Waals surface area contributed by atoms with Crippen molar-refractivity contribution in [2.24, 2.45) is 16.2 Å². The molecular formula is C14H26O2. The van der Waals surface area contributed by atoms with Gasteiger partial charge < -0.3 is 10.2 Å². The van der Waals surface area contributed by atoms with Gasteiger partial charge in [-0.3, -0.25) is 0 Å². The molecule has 0 radical (unpaired) electrons. The molecule has 0 bridgehead atoms. The molecule has 2 heteroatoms. The van der Waals surface area contributed by atoms with E-state index in [0.717, 1.165) is 32.1 Å². The van der Waals surface area contributed by atoms with E-state index in [2.05, 4.69) is 27.7 Å². The molecule has 2 aliphatic rings. The number of hydrogen-bond acceptors (Lipinski definition) is 2. The molecule has 0 amide bonds. The number of fused-ring (bicyclic) bond motifs is 1. The number of aliphatic hydroxyl groups is 2. The highest BCUT2D eigenvalue weighted by molar-refractivity contribution is 5.11. The van der Waals surface area contributed by atoms with Crippen molar-refractivity contribution in [2.75, 3.05) is 0 Å². The van der Waals surface area contributed by atoms with E-state index in [4.69, 9.17) is 0 Å². The van der Waals surface area contributed by atoms with Crippen molar-refractivity contribution in [3.05, 3.63) is 0 Å². The van der Waals surface area contributed by atoms with Crippen molar-refractivity contribution in [1.82, 2.24) is 0 Å². The first-order chi connectivity index (χ1) is 7.26. The van der Waals surface area contributed by atoms with E-state index in [0.29, 0.717) is 0 Å². The Labute approximate surface area is 99.1 Å². The molecule has 0 heterocycles. The second-order valence-electron chi connectivity index (χ2n) is 6.93. The standard InChI is InChI=1S/C14H26O2/c1-12(2)10(15)7-9-13(3)11(16)6-5-8-14(12,13)4/h10-11,15-16H,5-9H2,1-4H3/t10-,11+,13-,14-/m1/s1. The van der Waals surface area contributed by atoms with Gasteiger partial charge in [0.1, 0.15) is 0 Å². The SMILES string of the molecule is CC1(C)[C@H](O)CC[C@]2(C)[C@@H](O)CCC[C@]12C. The van der Waals surface area contributed by atoms with Gasteiger partial charge in [0.15, 0.2) is 0 Å². The second-order valence-corrected chi connectivity index (χ2v) is 6.93. The average molecular weight is 226 g/mol. The first-order valence-electron chi connectivity index (χ1n) is 6.62. The van der Waals surface area contributed by atoms with E-state index in [1.54, 1.807) is 0 Å². The minimum atomic E-state index is -0.226. The highest BCUT2D eigenvalue weighted by Gasteiger charge is 2.62. The van der Waals surface area contributed by atoms with Crippen LogP contribution in [0.2, 0.25) is 0 Å². The number of rotatable bonds is 0. The lowest BCUT2D eigenvalue weighted by molar-refractivity contribution is -0.216. The van der Waals surface area contributed by atoms with Gasteiger partial charge in [-0.2, -0.15) is 0 Å². The van der Waals surface area contributed by atoms with Crippen molar-refractivity contribution < 1.29 is 10.2 Å². The molecule has 0 aromatic heterocycles. The minimum Gasteiger partial charge on any atom is -0.393 e.